The summed E-state index contributed by atoms with van der Waals surface area (Å²) in [6.45, 7) is 2.24. The summed E-state index contributed by atoms with van der Waals surface area (Å²) in [6, 6.07) is 10.6. The number of amides is 1. The van der Waals surface area contributed by atoms with Crippen LogP contribution in [0.25, 0.3) is 0 Å². The number of carbonyl (C=O) groups excluding carboxylic acids is 1. The Morgan fingerprint density at radius 3 is 2.65 bits per heavy atom. The Morgan fingerprint density at radius 1 is 1.30 bits per heavy atom. The monoisotopic (exact) mass is 290 g/mol. The number of nitrogens with two attached hydrogens (primary N) is 1. The number of hydrogen-bond donors (Lipinski definition) is 3. The quantitative estimate of drug-likeness (QED) is 0.596. The standard InChI is InChI=1S/C14H15ClN4O/c1-9-6-11(7-13(18-9)19-16)14(20)17-8-10-2-4-12(15)5-3-10/h2-7H,8,16H2,1H3,(H,17,20)(H,18,19). The van der Waals surface area contributed by atoms with Crippen LogP contribution in [0.4, 0.5) is 5.82 Å². The zero-order valence-corrected chi connectivity index (χ0v) is 11.7. The van der Waals surface area contributed by atoms with Gasteiger partial charge in [-0.2, -0.15) is 0 Å². The molecule has 0 aliphatic rings. The van der Waals surface area contributed by atoms with Gasteiger partial charge < -0.3 is 10.7 Å². The predicted molar refractivity (Wildman–Crippen MR) is 79.4 cm³/mol. The minimum atomic E-state index is -0.179. The second kappa shape index (κ2) is 6.36. The number of nitrogens with zero attached hydrogens (tertiary/aromatic N) is 1. The van der Waals surface area contributed by atoms with Crippen LogP contribution < -0.4 is 16.6 Å². The fourth-order valence-corrected chi connectivity index (χ4v) is 1.89. The van der Waals surface area contributed by atoms with Crippen LogP contribution in [-0.4, -0.2) is 10.9 Å². The van der Waals surface area contributed by atoms with Crippen molar-refractivity contribution in [2.24, 2.45) is 5.84 Å². The fourth-order valence-electron chi connectivity index (χ4n) is 1.76. The summed E-state index contributed by atoms with van der Waals surface area (Å²) in [5, 5.41) is 3.50. The van der Waals surface area contributed by atoms with Gasteiger partial charge in [0.25, 0.3) is 5.91 Å². The van der Waals surface area contributed by atoms with Crippen molar-refractivity contribution in [1.82, 2.24) is 10.3 Å². The number of carbonyl (C=O) groups is 1. The number of aromatic nitrogens is 1. The molecule has 1 aromatic heterocycles. The zero-order chi connectivity index (χ0) is 14.5. The molecule has 2 aromatic rings. The van der Waals surface area contributed by atoms with E-state index in [0.717, 1.165) is 11.3 Å². The molecule has 2 rings (SSSR count). The Labute approximate surface area is 122 Å². The van der Waals surface area contributed by atoms with Gasteiger partial charge in [0.15, 0.2) is 0 Å². The molecule has 0 aliphatic carbocycles. The van der Waals surface area contributed by atoms with E-state index in [0.29, 0.717) is 22.9 Å². The fraction of sp³-hybridized carbons (Fsp3) is 0.143. The summed E-state index contributed by atoms with van der Waals surface area (Å²) in [4.78, 5) is 16.2. The maximum atomic E-state index is 12.1. The van der Waals surface area contributed by atoms with Gasteiger partial charge in [0.1, 0.15) is 5.82 Å². The first-order chi connectivity index (χ1) is 9.58. The SMILES string of the molecule is Cc1cc(C(=O)NCc2ccc(Cl)cc2)cc(NN)n1. The Bertz CT molecular complexity index is 613. The molecule has 0 fully saturated rings. The van der Waals surface area contributed by atoms with E-state index in [1.807, 2.05) is 12.1 Å². The van der Waals surface area contributed by atoms with E-state index in [2.05, 4.69) is 15.7 Å². The molecule has 0 radical (unpaired) electrons. The topological polar surface area (TPSA) is 80.0 Å². The van der Waals surface area contributed by atoms with Gasteiger partial charge in [-0.25, -0.2) is 10.8 Å². The smallest absolute Gasteiger partial charge is 0.251 e. The number of halogens is 1. The van der Waals surface area contributed by atoms with Crippen molar-refractivity contribution in [2.75, 3.05) is 5.43 Å². The number of hydrazine groups is 1. The third-order valence-corrected chi connectivity index (χ3v) is 2.98. The number of nitrogens with one attached hydrogen (secondary N) is 2. The molecule has 104 valence electrons. The zero-order valence-electron chi connectivity index (χ0n) is 11.0. The average molecular weight is 291 g/mol. The number of rotatable bonds is 4. The van der Waals surface area contributed by atoms with Crippen molar-refractivity contribution < 1.29 is 4.79 Å². The lowest BCUT2D eigenvalue weighted by molar-refractivity contribution is 0.0950. The van der Waals surface area contributed by atoms with Gasteiger partial charge in [-0.15, -0.1) is 0 Å². The lowest BCUT2D eigenvalue weighted by Crippen LogP contribution is -2.23. The van der Waals surface area contributed by atoms with E-state index in [-0.39, 0.29) is 5.91 Å². The molecular weight excluding hydrogens is 276 g/mol. The molecule has 1 amide bonds. The largest absolute Gasteiger partial charge is 0.348 e. The first-order valence-electron chi connectivity index (χ1n) is 6.06. The highest BCUT2D eigenvalue weighted by Gasteiger charge is 2.08. The third kappa shape index (κ3) is 3.69. The Kier molecular flexibility index (Phi) is 4.55. The van der Waals surface area contributed by atoms with Gasteiger partial charge in [0.05, 0.1) is 0 Å². The lowest BCUT2D eigenvalue weighted by Gasteiger charge is -2.08. The Hall–Kier alpha value is -2.11. The highest BCUT2D eigenvalue weighted by Crippen LogP contribution is 2.11. The molecule has 0 saturated heterocycles. The van der Waals surface area contributed by atoms with Gasteiger partial charge in [-0.3, -0.25) is 4.79 Å². The maximum Gasteiger partial charge on any atom is 0.251 e. The van der Waals surface area contributed by atoms with Crippen molar-refractivity contribution in [3.05, 3.63) is 58.2 Å². The van der Waals surface area contributed by atoms with Crippen LogP contribution in [-0.2, 0) is 6.54 Å². The van der Waals surface area contributed by atoms with Crippen LogP contribution in [0, 0.1) is 6.92 Å². The predicted octanol–water partition coefficient (Wildman–Crippen LogP) is 2.26. The Balaban J connectivity index is 2.04. The normalized spacial score (nSPS) is 10.2. The molecule has 0 atom stereocenters. The molecular formula is C14H15ClN4O. The van der Waals surface area contributed by atoms with Crippen LogP contribution in [0.15, 0.2) is 36.4 Å². The van der Waals surface area contributed by atoms with E-state index in [1.54, 1.807) is 31.2 Å². The first kappa shape index (κ1) is 14.3. The summed E-state index contributed by atoms with van der Waals surface area (Å²) in [5.74, 6) is 5.59. The van der Waals surface area contributed by atoms with Gasteiger partial charge >= 0.3 is 0 Å². The maximum absolute atomic E-state index is 12.1. The summed E-state index contributed by atoms with van der Waals surface area (Å²) < 4.78 is 0. The number of aryl methyl sites for hydroxylation is 1. The molecule has 1 heterocycles. The number of hydrogen-bond acceptors (Lipinski definition) is 4. The lowest BCUT2D eigenvalue weighted by atomic mass is 10.2. The van der Waals surface area contributed by atoms with E-state index in [9.17, 15) is 4.79 Å². The third-order valence-electron chi connectivity index (χ3n) is 2.73. The van der Waals surface area contributed by atoms with Gasteiger partial charge in [-0.1, -0.05) is 23.7 Å². The first-order valence-corrected chi connectivity index (χ1v) is 6.44. The van der Waals surface area contributed by atoms with Crippen molar-refractivity contribution in [2.45, 2.75) is 13.5 Å². The number of anilines is 1. The van der Waals surface area contributed by atoms with Crippen LogP contribution in [0.2, 0.25) is 5.02 Å². The van der Waals surface area contributed by atoms with E-state index in [4.69, 9.17) is 17.4 Å². The molecule has 0 unspecified atom stereocenters. The molecule has 6 heteroatoms. The molecule has 0 saturated carbocycles. The summed E-state index contributed by atoms with van der Waals surface area (Å²) in [6.07, 6.45) is 0. The van der Waals surface area contributed by atoms with Crippen LogP contribution in [0.1, 0.15) is 21.6 Å². The molecule has 5 nitrogen and oxygen atoms in total. The van der Waals surface area contributed by atoms with Crippen molar-refractivity contribution in [3.63, 3.8) is 0 Å². The molecule has 0 bridgehead atoms. The minimum absolute atomic E-state index is 0.179. The van der Waals surface area contributed by atoms with Crippen molar-refractivity contribution >= 4 is 23.3 Å². The summed E-state index contributed by atoms with van der Waals surface area (Å²) >= 11 is 5.81. The van der Waals surface area contributed by atoms with Crippen LogP contribution >= 0.6 is 11.6 Å². The Morgan fingerprint density at radius 2 is 2.00 bits per heavy atom. The average Bonchev–Trinajstić information content (AvgIpc) is 2.45. The minimum Gasteiger partial charge on any atom is -0.348 e. The molecule has 1 aromatic carbocycles. The highest BCUT2D eigenvalue weighted by atomic mass is 35.5. The van der Waals surface area contributed by atoms with E-state index < -0.39 is 0 Å². The summed E-state index contributed by atoms with van der Waals surface area (Å²) in [7, 11) is 0. The van der Waals surface area contributed by atoms with Crippen LogP contribution in [0.5, 0.6) is 0 Å². The van der Waals surface area contributed by atoms with Gasteiger partial charge in [0.2, 0.25) is 0 Å². The molecule has 0 spiro atoms. The highest BCUT2D eigenvalue weighted by molar-refractivity contribution is 6.30. The second-order valence-electron chi connectivity index (χ2n) is 4.34. The second-order valence-corrected chi connectivity index (χ2v) is 4.77. The van der Waals surface area contributed by atoms with Crippen molar-refractivity contribution in [1.29, 1.82) is 0 Å². The van der Waals surface area contributed by atoms with Gasteiger partial charge in [-0.05, 0) is 36.8 Å². The van der Waals surface area contributed by atoms with Crippen LogP contribution in [0.3, 0.4) is 0 Å². The van der Waals surface area contributed by atoms with Crippen molar-refractivity contribution in [3.8, 4) is 0 Å². The van der Waals surface area contributed by atoms with E-state index >= 15 is 0 Å². The number of nitrogen functional groups attached to an aromatic ring is 1. The number of benzene rings is 1. The number of pyridine rings is 1. The summed E-state index contributed by atoms with van der Waals surface area (Å²) in [5.41, 5.74) is 4.65. The van der Waals surface area contributed by atoms with E-state index in [1.165, 1.54) is 0 Å². The van der Waals surface area contributed by atoms with Gasteiger partial charge in [0, 0.05) is 22.8 Å². The molecule has 4 N–H and O–H groups in total. The molecule has 0 aliphatic heterocycles. The molecule has 20 heavy (non-hydrogen) atoms.